The molecule has 0 N–H and O–H groups in total. The minimum atomic E-state index is -1.39. The molecule has 1 aliphatic heterocycles. The van der Waals surface area contributed by atoms with Crippen LogP contribution in [0, 0.1) is 17.5 Å². The summed E-state index contributed by atoms with van der Waals surface area (Å²) in [5, 5.41) is 0. The van der Waals surface area contributed by atoms with E-state index in [2.05, 4.69) is 11.8 Å². The molecule has 0 spiro atoms. The molecule has 94 valence electrons. The van der Waals surface area contributed by atoms with Gasteiger partial charge in [-0.25, -0.2) is 13.2 Å². The Labute approximate surface area is 98.6 Å². The van der Waals surface area contributed by atoms with E-state index in [0.717, 1.165) is 25.7 Å². The molecular weight excluding hydrogens is 229 g/mol. The number of piperazine rings is 1. The maximum absolute atomic E-state index is 13.6. The van der Waals surface area contributed by atoms with Gasteiger partial charge in [-0.2, -0.15) is 0 Å². The highest BCUT2D eigenvalue weighted by molar-refractivity contribution is 5.48. The molecule has 1 aromatic rings. The van der Waals surface area contributed by atoms with Crippen molar-refractivity contribution in [2.45, 2.75) is 6.92 Å². The smallest absolute Gasteiger partial charge is 0.196 e. The largest absolute Gasteiger partial charge is 0.367 e. The summed E-state index contributed by atoms with van der Waals surface area (Å²) in [5.74, 6) is -3.62. The summed E-state index contributed by atoms with van der Waals surface area (Å²) in [5.41, 5.74) is 0.152. The Morgan fingerprint density at radius 2 is 1.65 bits per heavy atom. The van der Waals surface area contributed by atoms with E-state index >= 15 is 0 Å². The molecule has 1 fully saturated rings. The maximum Gasteiger partial charge on any atom is 0.196 e. The van der Waals surface area contributed by atoms with Gasteiger partial charge in [-0.15, -0.1) is 0 Å². The van der Waals surface area contributed by atoms with Crippen LogP contribution < -0.4 is 4.90 Å². The van der Waals surface area contributed by atoms with Crippen molar-refractivity contribution in [1.82, 2.24) is 4.90 Å². The number of rotatable bonds is 2. The molecule has 0 radical (unpaired) electrons. The fraction of sp³-hybridized carbons (Fsp3) is 0.500. The van der Waals surface area contributed by atoms with Gasteiger partial charge in [0.05, 0.1) is 5.69 Å². The molecule has 1 aliphatic rings. The first-order chi connectivity index (χ1) is 8.13. The predicted octanol–water partition coefficient (Wildman–Crippen LogP) is 2.25. The molecule has 2 nitrogen and oxygen atoms in total. The highest BCUT2D eigenvalue weighted by Gasteiger charge is 2.21. The molecule has 1 saturated heterocycles. The van der Waals surface area contributed by atoms with Crippen molar-refractivity contribution in [2.24, 2.45) is 0 Å². The number of benzene rings is 1. The molecule has 0 atom stereocenters. The van der Waals surface area contributed by atoms with E-state index < -0.39 is 17.5 Å². The molecule has 0 amide bonds. The lowest BCUT2D eigenvalue weighted by molar-refractivity contribution is 0.270. The molecule has 1 aromatic carbocycles. The van der Waals surface area contributed by atoms with Crippen molar-refractivity contribution in [1.29, 1.82) is 0 Å². The van der Waals surface area contributed by atoms with Crippen LogP contribution in [0.3, 0.4) is 0 Å². The van der Waals surface area contributed by atoms with Crippen LogP contribution >= 0.6 is 0 Å². The van der Waals surface area contributed by atoms with Gasteiger partial charge in [-0.3, -0.25) is 0 Å². The van der Waals surface area contributed by atoms with Gasteiger partial charge in [-0.05, 0) is 18.7 Å². The molecule has 0 bridgehead atoms. The number of hydrogen-bond donors (Lipinski definition) is 0. The Bertz CT molecular complexity index is 401. The summed E-state index contributed by atoms with van der Waals surface area (Å²) in [6.07, 6.45) is 0. The fourth-order valence-corrected chi connectivity index (χ4v) is 2.06. The monoisotopic (exact) mass is 244 g/mol. The fourth-order valence-electron chi connectivity index (χ4n) is 2.06. The first kappa shape index (κ1) is 12.2. The summed E-state index contributed by atoms with van der Waals surface area (Å²) < 4.78 is 39.5. The quantitative estimate of drug-likeness (QED) is 0.736. The average molecular weight is 244 g/mol. The van der Waals surface area contributed by atoms with Crippen LogP contribution in [0.1, 0.15) is 6.92 Å². The minimum absolute atomic E-state index is 0.152. The van der Waals surface area contributed by atoms with Crippen LogP contribution in [0.25, 0.3) is 0 Å². The zero-order chi connectivity index (χ0) is 12.4. The third kappa shape index (κ3) is 2.39. The lowest BCUT2D eigenvalue weighted by Crippen LogP contribution is -2.46. The Balaban J connectivity index is 2.16. The topological polar surface area (TPSA) is 6.48 Å². The first-order valence-corrected chi connectivity index (χ1v) is 5.74. The van der Waals surface area contributed by atoms with E-state index in [4.69, 9.17) is 0 Å². The standard InChI is InChI=1S/C12H15F3N2/c1-2-16-5-7-17(8-6-16)10-4-3-9(13)11(14)12(10)15/h3-4H,2,5-8H2,1H3. The van der Waals surface area contributed by atoms with Crippen molar-refractivity contribution in [2.75, 3.05) is 37.6 Å². The molecule has 17 heavy (non-hydrogen) atoms. The van der Waals surface area contributed by atoms with Crippen LogP contribution in [-0.2, 0) is 0 Å². The first-order valence-electron chi connectivity index (χ1n) is 5.74. The molecular formula is C12H15F3N2. The normalized spacial score (nSPS) is 17.5. The Morgan fingerprint density at radius 1 is 1.00 bits per heavy atom. The lowest BCUT2D eigenvalue weighted by atomic mass is 10.2. The van der Waals surface area contributed by atoms with Crippen LogP contribution in [-0.4, -0.2) is 37.6 Å². The van der Waals surface area contributed by atoms with Crippen molar-refractivity contribution in [3.63, 3.8) is 0 Å². The van der Waals surface area contributed by atoms with Gasteiger partial charge >= 0.3 is 0 Å². The third-order valence-electron chi connectivity index (χ3n) is 3.17. The number of anilines is 1. The van der Waals surface area contributed by atoms with Crippen LogP contribution in [0.2, 0.25) is 0 Å². The zero-order valence-electron chi connectivity index (χ0n) is 9.72. The third-order valence-corrected chi connectivity index (χ3v) is 3.17. The van der Waals surface area contributed by atoms with Crippen molar-refractivity contribution in [3.05, 3.63) is 29.6 Å². The SMILES string of the molecule is CCN1CCN(c2ccc(F)c(F)c2F)CC1. The highest BCUT2D eigenvalue weighted by Crippen LogP contribution is 2.24. The number of hydrogen-bond acceptors (Lipinski definition) is 2. The Hall–Kier alpha value is -1.23. The van der Waals surface area contributed by atoms with Gasteiger partial charge in [0.1, 0.15) is 0 Å². The van der Waals surface area contributed by atoms with Gasteiger partial charge < -0.3 is 9.80 Å². The summed E-state index contributed by atoms with van der Waals surface area (Å²) in [7, 11) is 0. The van der Waals surface area contributed by atoms with Crippen molar-refractivity contribution >= 4 is 5.69 Å². The van der Waals surface area contributed by atoms with E-state index in [0.29, 0.717) is 13.1 Å². The van der Waals surface area contributed by atoms with E-state index in [1.807, 2.05) is 0 Å². The number of halogens is 3. The van der Waals surface area contributed by atoms with Crippen LogP contribution in [0.5, 0.6) is 0 Å². The van der Waals surface area contributed by atoms with Gasteiger partial charge in [0, 0.05) is 26.2 Å². The average Bonchev–Trinajstić information content (AvgIpc) is 2.36. The molecule has 0 unspecified atom stereocenters. The Morgan fingerprint density at radius 3 is 2.24 bits per heavy atom. The molecule has 1 heterocycles. The van der Waals surface area contributed by atoms with Crippen LogP contribution in [0.4, 0.5) is 18.9 Å². The number of likely N-dealkylation sites (N-methyl/N-ethyl adjacent to an activating group) is 1. The molecule has 0 aromatic heterocycles. The van der Waals surface area contributed by atoms with E-state index in [9.17, 15) is 13.2 Å². The van der Waals surface area contributed by atoms with Gasteiger partial charge in [0.25, 0.3) is 0 Å². The van der Waals surface area contributed by atoms with Gasteiger partial charge in [0.2, 0.25) is 0 Å². The summed E-state index contributed by atoms with van der Waals surface area (Å²) in [6.45, 7) is 5.91. The molecule has 0 aliphatic carbocycles. The molecule has 5 heteroatoms. The predicted molar refractivity (Wildman–Crippen MR) is 60.6 cm³/mol. The second-order valence-electron chi connectivity index (χ2n) is 4.12. The van der Waals surface area contributed by atoms with Gasteiger partial charge in [-0.1, -0.05) is 6.92 Å². The lowest BCUT2D eigenvalue weighted by Gasteiger charge is -2.35. The van der Waals surface area contributed by atoms with E-state index in [1.165, 1.54) is 6.07 Å². The van der Waals surface area contributed by atoms with Crippen molar-refractivity contribution < 1.29 is 13.2 Å². The van der Waals surface area contributed by atoms with Crippen LogP contribution in [0.15, 0.2) is 12.1 Å². The highest BCUT2D eigenvalue weighted by atomic mass is 19.2. The zero-order valence-corrected chi connectivity index (χ0v) is 9.72. The summed E-state index contributed by atoms with van der Waals surface area (Å²) in [6, 6.07) is 2.27. The Kier molecular flexibility index (Phi) is 3.57. The minimum Gasteiger partial charge on any atom is -0.367 e. The maximum atomic E-state index is 13.6. The molecule has 0 saturated carbocycles. The second-order valence-corrected chi connectivity index (χ2v) is 4.12. The second kappa shape index (κ2) is 4.96. The van der Waals surface area contributed by atoms with Crippen molar-refractivity contribution in [3.8, 4) is 0 Å². The molecule has 2 rings (SSSR count). The summed E-state index contributed by atoms with van der Waals surface area (Å²) in [4.78, 5) is 3.98. The summed E-state index contributed by atoms with van der Waals surface area (Å²) >= 11 is 0. The van der Waals surface area contributed by atoms with Gasteiger partial charge in [0.15, 0.2) is 17.5 Å². The van der Waals surface area contributed by atoms with E-state index in [1.54, 1.807) is 4.90 Å². The number of nitrogens with zero attached hydrogens (tertiary/aromatic N) is 2. The van der Waals surface area contributed by atoms with E-state index in [-0.39, 0.29) is 5.69 Å².